The van der Waals surface area contributed by atoms with E-state index in [1.807, 2.05) is 20.8 Å². The number of amides is 2. The van der Waals surface area contributed by atoms with Crippen LogP contribution in [0.3, 0.4) is 0 Å². The van der Waals surface area contributed by atoms with Gasteiger partial charge in [0.15, 0.2) is 0 Å². The fourth-order valence-corrected chi connectivity index (χ4v) is 4.59. The Morgan fingerprint density at radius 3 is 2.52 bits per heavy atom. The van der Waals surface area contributed by atoms with E-state index in [-0.39, 0.29) is 35.9 Å². The Morgan fingerprint density at radius 1 is 1.22 bits per heavy atom. The number of anilines is 2. The number of hydrogen-bond acceptors (Lipinski definition) is 4. The SMILES string of the molecule is CCCS(=O)(=O)N1CCC[C@@H](C(=O)Nc2cccc(NC(=O)C(C)C)c2)C1. The molecule has 0 spiro atoms. The van der Waals surface area contributed by atoms with Crippen LogP contribution in [0.5, 0.6) is 0 Å². The summed E-state index contributed by atoms with van der Waals surface area (Å²) in [6.45, 7) is 6.14. The first kappa shape index (κ1) is 21.4. The lowest BCUT2D eigenvalue weighted by Gasteiger charge is -2.31. The molecule has 0 aromatic heterocycles. The van der Waals surface area contributed by atoms with E-state index in [2.05, 4.69) is 10.6 Å². The number of nitrogens with one attached hydrogen (secondary N) is 2. The summed E-state index contributed by atoms with van der Waals surface area (Å²) >= 11 is 0. The second-order valence-electron chi connectivity index (χ2n) is 7.23. The molecule has 1 aromatic rings. The van der Waals surface area contributed by atoms with E-state index in [0.717, 1.165) is 0 Å². The van der Waals surface area contributed by atoms with Crippen molar-refractivity contribution in [3.8, 4) is 0 Å². The van der Waals surface area contributed by atoms with Crippen LogP contribution in [-0.2, 0) is 19.6 Å². The average Bonchev–Trinajstić information content (AvgIpc) is 2.62. The summed E-state index contributed by atoms with van der Waals surface area (Å²) < 4.78 is 26.0. The minimum Gasteiger partial charge on any atom is -0.326 e. The van der Waals surface area contributed by atoms with Crippen LogP contribution >= 0.6 is 0 Å². The summed E-state index contributed by atoms with van der Waals surface area (Å²) in [5.41, 5.74) is 1.19. The van der Waals surface area contributed by atoms with E-state index >= 15 is 0 Å². The lowest BCUT2D eigenvalue weighted by molar-refractivity contribution is -0.121. The molecule has 0 saturated carbocycles. The second kappa shape index (κ2) is 9.32. The zero-order valence-corrected chi connectivity index (χ0v) is 17.0. The molecule has 2 rings (SSSR count). The van der Waals surface area contributed by atoms with Crippen LogP contribution in [0.15, 0.2) is 24.3 Å². The van der Waals surface area contributed by atoms with Gasteiger partial charge in [-0.3, -0.25) is 9.59 Å². The molecule has 1 aliphatic heterocycles. The van der Waals surface area contributed by atoms with Gasteiger partial charge >= 0.3 is 0 Å². The number of carbonyl (C=O) groups is 2. The number of piperidine rings is 1. The lowest BCUT2D eigenvalue weighted by atomic mass is 9.98. The molecule has 1 heterocycles. The number of carbonyl (C=O) groups excluding carboxylic acids is 2. The van der Waals surface area contributed by atoms with Crippen molar-refractivity contribution in [2.24, 2.45) is 11.8 Å². The maximum absolute atomic E-state index is 12.6. The molecule has 1 fully saturated rings. The fourth-order valence-electron chi connectivity index (χ4n) is 3.00. The smallest absolute Gasteiger partial charge is 0.228 e. The van der Waals surface area contributed by atoms with Crippen molar-refractivity contribution in [2.75, 3.05) is 29.5 Å². The van der Waals surface area contributed by atoms with Gasteiger partial charge < -0.3 is 10.6 Å². The summed E-state index contributed by atoms with van der Waals surface area (Å²) in [4.78, 5) is 24.4. The fraction of sp³-hybridized carbons (Fsp3) is 0.579. The summed E-state index contributed by atoms with van der Waals surface area (Å²) in [6, 6.07) is 6.96. The minimum absolute atomic E-state index is 0.0949. The standard InChI is InChI=1S/C19H29N3O4S/c1-4-11-27(25,26)22-10-6-7-15(13-22)19(24)21-17-9-5-8-16(12-17)20-18(23)14(2)3/h5,8-9,12,14-15H,4,6-7,10-11,13H2,1-3H3,(H,20,23)(H,21,24)/t15-/m1/s1. The molecule has 0 aliphatic carbocycles. The van der Waals surface area contributed by atoms with E-state index < -0.39 is 10.0 Å². The normalized spacial score (nSPS) is 18.3. The van der Waals surface area contributed by atoms with E-state index in [9.17, 15) is 18.0 Å². The van der Waals surface area contributed by atoms with Crippen LogP contribution in [0.2, 0.25) is 0 Å². The van der Waals surface area contributed by atoms with Crippen LogP contribution in [0.4, 0.5) is 11.4 Å². The number of nitrogens with zero attached hydrogens (tertiary/aromatic N) is 1. The van der Waals surface area contributed by atoms with Gasteiger partial charge in [-0.05, 0) is 37.5 Å². The molecule has 27 heavy (non-hydrogen) atoms. The van der Waals surface area contributed by atoms with Gasteiger partial charge in [0.25, 0.3) is 0 Å². The van der Waals surface area contributed by atoms with Crippen molar-refractivity contribution in [1.29, 1.82) is 0 Å². The Hall–Kier alpha value is -1.93. The zero-order valence-electron chi connectivity index (χ0n) is 16.2. The number of rotatable bonds is 7. The molecular weight excluding hydrogens is 366 g/mol. The predicted molar refractivity (Wildman–Crippen MR) is 107 cm³/mol. The van der Waals surface area contributed by atoms with E-state index in [4.69, 9.17) is 0 Å². The first-order chi connectivity index (χ1) is 12.7. The third-order valence-electron chi connectivity index (χ3n) is 4.53. The maximum Gasteiger partial charge on any atom is 0.228 e. The molecule has 150 valence electrons. The Bertz CT molecular complexity index is 777. The Labute approximate surface area is 161 Å². The molecule has 1 aliphatic rings. The lowest BCUT2D eigenvalue weighted by Crippen LogP contribution is -2.44. The molecule has 0 radical (unpaired) electrons. The Morgan fingerprint density at radius 2 is 1.89 bits per heavy atom. The van der Waals surface area contributed by atoms with Crippen molar-refractivity contribution in [1.82, 2.24) is 4.31 Å². The van der Waals surface area contributed by atoms with Gasteiger partial charge in [-0.25, -0.2) is 12.7 Å². The van der Waals surface area contributed by atoms with Gasteiger partial charge in [-0.1, -0.05) is 26.8 Å². The van der Waals surface area contributed by atoms with Crippen LogP contribution in [-0.4, -0.2) is 43.4 Å². The van der Waals surface area contributed by atoms with Gasteiger partial charge in [0.1, 0.15) is 0 Å². The van der Waals surface area contributed by atoms with Gasteiger partial charge in [-0.2, -0.15) is 0 Å². The monoisotopic (exact) mass is 395 g/mol. The largest absolute Gasteiger partial charge is 0.326 e. The Balaban J connectivity index is 2.01. The third kappa shape index (κ3) is 6.04. The number of hydrogen-bond donors (Lipinski definition) is 2. The van der Waals surface area contributed by atoms with Crippen molar-refractivity contribution in [2.45, 2.75) is 40.0 Å². The van der Waals surface area contributed by atoms with Crippen molar-refractivity contribution in [3.63, 3.8) is 0 Å². The number of sulfonamides is 1. The topological polar surface area (TPSA) is 95.6 Å². The van der Waals surface area contributed by atoms with Crippen LogP contribution in [0.25, 0.3) is 0 Å². The van der Waals surface area contributed by atoms with Crippen molar-refractivity contribution >= 4 is 33.2 Å². The van der Waals surface area contributed by atoms with Crippen LogP contribution < -0.4 is 10.6 Å². The summed E-state index contributed by atoms with van der Waals surface area (Å²) in [7, 11) is -3.30. The van der Waals surface area contributed by atoms with Gasteiger partial charge in [0.05, 0.1) is 11.7 Å². The summed E-state index contributed by atoms with van der Waals surface area (Å²) in [6.07, 6.45) is 1.89. The van der Waals surface area contributed by atoms with Crippen LogP contribution in [0.1, 0.15) is 40.0 Å². The first-order valence-electron chi connectivity index (χ1n) is 9.42. The maximum atomic E-state index is 12.6. The van der Waals surface area contributed by atoms with Gasteiger partial charge in [-0.15, -0.1) is 0 Å². The Kier molecular flexibility index (Phi) is 7.38. The van der Waals surface area contributed by atoms with Crippen LogP contribution in [0, 0.1) is 11.8 Å². The predicted octanol–water partition coefficient (Wildman–Crippen LogP) is 2.67. The molecular formula is C19H29N3O4S. The third-order valence-corrected chi connectivity index (χ3v) is 6.57. The highest BCUT2D eigenvalue weighted by atomic mass is 32.2. The molecule has 2 N–H and O–H groups in total. The van der Waals surface area contributed by atoms with E-state index in [1.165, 1.54) is 4.31 Å². The van der Waals surface area contributed by atoms with E-state index in [0.29, 0.717) is 37.2 Å². The molecule has 1 atom stereocenters. The highest BCUT2D eigenvalue weighted by Gasteiger charge is 2.31. The number of benzene rings is 1. The van der Waals surface area contributed by atoms with Gasteiger partial charge in [0, 0.05) is 30.4 Å². The summed E-state index contributed by atoms with van der Waals surface area (Å²) in [5.74, 6) is -0.694. The summed E-state index contributed by atoms with van der Waals surface area (Å²) in [5, 5.41) is 5.64. The zero-order chi connectivity index (χ0) is 20.0. The minimum atomic E-state index is -3.30. The molecule has 7 nitrogen and oxygen atoms in total. The van der Waals surface area contributed by atoms with Crippen molar-refractivity contribution in [3.05, 3.63) is 24.3 Å². The molecule has 0 unspecified atom stereocenters. The molecule has 1 saturated heterocycles. The van der Waals surface area contributed by atoms with E-state index in [1.54, 1.807) is 24.3 Å². The second-order valence-corrected chi connectivity index (χ2v) is 9.32. The highest BCUT2D eigenvalue weighted by molar-refractivity contribution is 7.89. The molecule has 2 amide bonds. The molecule has 0 bridgehead atoms. The molecule has 8 heteroatoms. The first-order valence-corrected chi connectivity index (χ1v) is 11.0. The van der Waals surface area contributed by atoms with Gasteiger partial charge in [0.2, 0.25) is 21.8 Å². The average molecular weight is 396 g/mol. The van der Waals surface area contributed by atoms with Crippen molar-refractivity contribution < 1.29 is 18.0 Å². The quantitative estimate of drug-likeness (QED) is 0.742. The highest BCUT2D eigenvalue weighted by Crippen LogP contribution is 2.23. The molecule has 1 aromatic carbocycles.